The number of thiazole rings is 1. The van der Waals surface area contributed by atoms with Crippen molar-refractivity contribution >= 4 is 47.1 Å². The van der Waals surface area contributed by atoms with Crippen LogP contribution in [0.2, 0.25) is 0 Å². The lowest BCUT2D eigenvalue weighted by Crippen LogP contribution is -2.05. The average molecular weight is 314 g/mol. The van der Waals surface area contributed by atoms with Gasteiger partial charge in [0.1, 0.15) is 5.01 Å². The van der Waals surface area contributed by atoms with Crippen LogP contribution in [0, 0.1) is 0 Å². The number of rotatable bonds is 5. The van der Waals surface area contributed by atoms with E-state index in [0.29, 0.717) is 0 Å². The molecule has 2 rings (SSSR count). The molecule has 0 saturated heterocycles. The van der Waals surface area contributed by atoms with Crippen molar-refractivity contribution in [1.29, 1.82) is 0 Å². The van der Waals surface area contributed by atoms with Gasteiger partial charge in [-0.05, 0) is 29.8 Å². The smallest absolute Gasteiger partial charge is 0.328 e. The van der Waals surface area contributed by atoms with Gasteiger partial charge in [-0.25, -0.2) is 9.78 Å². The van der Waals surface area contributed by atoms with E-state index in [9.17, 15) is 9.59 Å². The summed E-state index contributed by atoms with van der Waals surface area (Å²) < 4.78 is 0. The zero-order chi connectivity index (χ0) is 15.9. The molecular formula is C16H14N2O3S. The first-order valence-corrected chi connectivity index (χ1v) is 7.27. The van der Waals surface area contributed by atoms with E-state index >= 15 is 0 Å². The molecule has 0 radical (unpaired) electrons. The van der Waals surface area contributed by atoms with Gasteiger partial charge >= 0.3 is 5.97 Å². The largest absolute Gasteiger partial charge is 0.478 e. The van der Waals surface area contributed by atoms with Crippen LogP contribution in [0.3, 0.4) is 0 Å². The predicted molar refractivity (Wildman–Crippen MR) is 88.5 cm³/mol. The van der Waals surface area contributed by atoms with Crippen molar-refractivity contribution in [3.05, 3.63) is 52.0 Å². The van der Waals surface area contributed by atoms with Gasteiger partial charge in [0, 0.05) is 29.8 Å². The lowest BCUT2D eigenvalue weighted by atomic mass is 10.2. The Morgan fingerprint density at radius 3 is 2.55 bits per heavy atom. The molecule has 1 aromatic carbocycles. The standard InChI is InChI=1S/C16H14N2O3S/c1-11(19)18-13-5-2-12(3-6-13)4-8-15-17-10-14(22-15)7-9-16(20)21/h2-10H,1H3,(H,18,19)(H,20,21). The highest BCUT2D eigenvalue weighted by atomic mass is 32.1. The second-order valence-corrected chi connectivity index (χ2v) is 5.50. The number of nitrogens with one attached hydrogen (secondary N) is 1. The van der Waals surface area contributed by atoms with Gasteiger partial charge in [0.15, 0.2) is 0 Å². The molecule has 2 N–H and O–H groups in total. The fourth-order valence-electron chi connectivity index (χ4n) is 1.66. The zero-order valence-corrected chi connectivity index (χ0v) is 12.6. The van der Waals surface area contributed by atoms with Crippen LogP contribution in [0.1, 0.15) is 22.4 Å². The SMILES string of the molecule is CC(=O)Nc1ccc(C=Cc2ncc(C=CC(=O)O)s2)cc1. The van der Waals surface area contributed by atoms with Gasteiger partial charge in [-0.15, -0.1) is 11.3 Å². The third kappa shape index (κ3) is 4.99. The van der Waals surface area contributed by atoms with E-state index in [4.69, 9.17) is 5.11 Å². The van der Waals surface area contributed by atoms with Crippen molar-refractivity contribution in [2.45, 2.75) is 6.92 Å². The lowest BCUT2D eigenvalue weighted by molar-refractivity contribution is -0.131. The summed E-state index contributed by atoms with van der Waals surface area (Å²) in [6, 6.07) is 7.43. The topological polar surface area (TPSA) is 79.3 Å². The maximum atomic E-state index is 10.9. The first kappa shape index (κ1) is 15.7. The highest BCUT2D eigenvalue weighted by Crippen LogP contribution is 2.18. The molecule has 22 heavy (non-hydrogen) atoms. The molecule has 0 aliphatic rings. The number of hydrogen-bond acceptors (Lipinski definition) is 4. The molecule has 0 fully saturated rings. The van der Waals surface area contributed by atoms with Gasteiger partial charge < -0.3 is 10.4 Å². The molecule has 112 valence electrons. The number of hydrogen-bond donors (Lipinski definition) is 2. The predicted octanol–water partition coefficient (Wildman–Crippen LogP) is 3.37. The van der Waals surface area contributed by atoms with Crippen molar-refractivity contribution < 1.29 is 14.7 Å². The number of carbonyl (C=O) groups is 2. The number of benzene rings is 1. The van der Waals surface area contributed by atoms with Gasteiger partial charge in [0.05, 0.1) is 0 Å². The van der Waals surface area contributed by atoms with Crippen molar-refractivity contribution in [2.24, 2.45) is 0 Å². The van der Waals surface area contributed by atoms with Crippen LogP contribution in [-0.2, 0) is 9.59 Å². The normalized spacial score (nSPS) is 11.1. The number of amides is 1. The third-order valence-electron chi connectivity index (χ3n) is 2.58. The summed E-state index contributed by atoms with van der Waals surface area (Å²) in [5, 5.41) is 12.1. The number of carboxylic acids is 1. The van der Waals surface area contributed by atoms with Crippen molar-refractivity contribution in [1.82, 2.24) is 4.98 Å². The first-order valence-electron chi connectivity index (χ1n) is 6.45. The molecule has 5 nitrogen and oxygen atoms in total. The monoisotopic (exact) mass is 314 g/mol. The molecule has 0 unspecified atom stereocenters. The summed E-state index contributed by atoms with van der Waals surface area (Å²) in [5.41, 5.74) is 1.73. The van der Waals surface area contributed by atoms with Crippen LogP contribution in [0.15, 0.2) is 36.5 Å². The third-order valence-corrected chi connectivity index (χ3v) is 3.51. The molecule has 1 aromatic heterocycles. The van der Waals surface area contributed by atoms with Crippen LogP contribution >= 0.6 is 11.3 Å². The molecule has 1 amide bonds. The number of carbonyl (C=O) groups excluding carboxylic acids is 1. The Labute approximate surface area is 131 Å². The van der Waals surface area contributed by atoms with Crippen LogP contribution in [-0.4, -0.2) is 22.0 Å². The molecule has 0 atom stereocenters. The number of aromatic nitrogens is 1. The van der Waals surface area contributed by atoms with Gasteiger partial charge in [-0.2, -0.15) is 0 Å². The quantitative estimate of drug-likeness (QED) is 0.829. The summed E-state index contributed by atoms with van der Waals surface area (Å²) in [4.78, 5) is 26.4. The number of nitrogens with zero attached hydrogens (tertiary/aromatic N) is 1. The molecule has 0 saturated carbocycles. The van der Waals surface area contributed by atoms with E-state index in [1.54, 1.807) is 6.20 Å². The number of anilines is 1. The van der Waals surface area contributed by atoms with Crippen LogP contribution in [0.25, 0.3) is 18.2 Å². The van der Waals surface area contributed by atoms with Gasteiger partial charge in [0.2, 0.25) is 5.91 Å². The van der Waals surface area contributed by atoms with E-state index < -0.39 is 5.97 Å². The van der Waals surface area contributed by atoms with E-state index in [-0.39, 0.29) is 5.91 Å². The number of aliphatic carboxylic acids is 1. The molecule has 0 bridgehead atoms. The highest BCUT2D eigenvalue weighted by Gasteiger charge is 1.98. The molecule has 0 spiro atoms. The Bertz CT molecular complexity index is 730. The fourth-order valence-corrected chi connectivity index (χ4v) is 2.38. The highest BCUT2D eigenvalue weighted by molar-refractivity contribution is 7.13. The van der Waals surface area contributed by atoms with E-state index in [0.717, 1.165) is 27.2 Å². The summed E-state index contributed by atoms with van der Waals surface area (Å²) in [6.45, 7) is 1.46. The Balaban J connectivity index is 2.02. The lowest BCUT2D eigenvalue weighted by Gasteiger charge is -2.01. The van der Waals surface area contributed by atoms with Crippen LogP contribution < -0.4 is 5.32 Å². The van der Waals surface area contributed by atoms with Crippen molar-refractivity contribution in [3.8, 4) is 0 Å². The minimum Gasteiger partial charge on any atom is -0.478 e. The van der Waals surface area contributed by atoms with Crippen LogP contribution in [0.4, 0.5) is 5.69 Å². The Hall–Kier alpha value is -2.73. The summed E-state index contributed by atoms with van der Waals surface area (Å²) in [7, 11) is 0. The van der Waals surface area contributed by atoms with E-state index in [1.165, 1.54) is 24.3 Å². The van der Waals surface area contributed by atoms with Gasteiger partial charge in [0.25, 0.3) is 0 Å². The molecule has 2 aromatic rings. The number of carboxylic acid groups (broad SMARTS) is 1. The van der Waals surface area contributed by atoms with E-state index in [1.807, 2.05) is 36.4 Å². The Kier molecular flexibility index (Phi) is 5.21. The van der Waals surface area contributed by atoms with Crippen molar-refractivity contribution in [3.63, 3.8) is 0 Å². The molecule has 0 aliphatic carbocycles. The molecule has 1 heterocycles. The maximum absolute atomic E-state index is 10.9. The summed E-state index contributed by atoms with van der Waals surface area (Å²) >= 11 is 1.40. The first-order chi connectivity index (χ1) is 10.5. The fraction of sp³-hybridized carbons (Fsp3) is 0.0625. The minimum atomic E-state index is -0.982. The van der Waals surface area contributed by atoms with Crippen LogP contribution in [0.5, 0.6) is 0 Å². The minimum absolute atomic E-state index is 0.104. The molecule has 0 aliphatic heterocycles. The maximum Gasteiger partial charge on any atom is 0.328 e. The molecular weight excluding hydrogens is 300 g/mol. The van der Waals surface area contributed by atoms with Gasteiger partial charge in [-0.1, -0.05) is 18.2 Å². The Morgan fingerprint density at radius 1 is 1.18 bits per heavy atom. The van der Waals surface area contributed by atoms with E-state index in [2.05, 4.69) is 10.3 Å². The zero-order valence-electron chi connectivity index (χ0n) is 11.8. The van der Waals surface area contributed by atoms with Gasteiger partial charge in [-0.3, -0.25) is 4.79 Å². The van der Waals surface area contributed by atoms with Crippen molar-refractivity contribution in [2.75, 3.05) is 5.32 Å². The average Bonchev–Trinajstić information content (AvgIpc) is 2.92. The Morgan fingerprint density at radius 2 is 1.91 bits per heavy atom. The summed E-state index contributed by atoms with van der Waals surface area (Å²) in [6.07, 6.45) is 7.99. The second kappa shape index (κ2) is 7.33. The second-order valence-electron chi connectivity index (χ2n) is 4.41. The molecule has 6 heteroatoms. The summed E-state index contributed by atoms with van der Waals surface area (Å²) in [5.74, 6) is -1.09.